The van der Waals surface area contributed by atoms with Crippen molar-refractivity contribution in [3.8, 4) is 34.0 Å². The number of rotatable bonds is 8. The fourth-order valence-corrected chi connectivity index (χ4v) is 9.88. The lowest BCUT2D eigenvalue weighted by atomic mass is 9.96. The van der Waals surface area contributed by atoms with Gasteiger partial charge in [-0.05, 0) is 200 Å². The van der Waals surface area contributed by atoms with Crippen molar-refractivity contribution < 1.29 is 13.7 Å². The van der Waals surface area contributed by atoms with Gasteiger partial charge in [0.25, 0.3) is 11.3 Å². The van der Waals surface area contributed by atoms with E-state index >= 15 is 0 Å². The molecule has 0 aliphatic carbocycles. The molecule has 3 aromatic carbocycles. The number of aryl methyl sites for hydroxylation is 9. The van der Waals surface area contributed by atoms with Crippen LogP contribution < -0.4 is 13.7 Å². The van der Waals surface area contributed by atoms with Crippen molar-refractivity contribution in [1.29, 1.82) is 0 Å². The summed E-state index contributed by atoms with van der Waals surface area (Å²) in [5, 5.41) is 3.51. The summed E-state index contributed by atoms with van der Waals surface area (Å²) in [4.78, 5) is 23.5. The van der Waals surface area contributed by atoms with Gasteiger partial charge in [0.1, 0.15) is 25.0 Å². The predicted octanol–water partition coefficient (Wildman–Crippen LogP) is 13.3. The number of aromatic nitrogens is 8. The SMILES string of the molecule is Cc1cc(C)c(C)c(-c2cc3cc(CC(C)C)cnc3c[n+]2C)c1.Cc1cc(C)c(C)c(-c2nc3nccc(C(C)C)c3c[n+]2C)c1.Cc1cc(C)c(C)c(-c2nc3nccc(CC(C)C)c3c[n+]2C)c1. The molecule has 6 aromatic heterocycles. The Morgan fingerprint density at radius 2 is 0.958 bits per heavy atom. The number of hydrogen-bond donors (Lipinski definition) is 0. The van der Waals surface area contributed by atoms with E-state index in [9.17, 15) is 0 Å². The second-order valence-corrected chi connectivity index (χ2v) is 21.4. The molecule has 0 amide bonds. The first-order valence-electron chi connectivity index (χ1n) is 25.4. The zero-order chi connectivity index (χ0) is 51.6. The first kappa shape index (κ1) is 52.0. The Bertz CT molecular complexity index is 3370. The molecule has 366 valence electrons. The van der Waals surface area contributed by atoms with Crippen LogP contribution in [0.25, 0.3) is 67.0 Å². The molecule has 8 nitrogen and oxygen atoms in total. The second kappa shape index (κ2) is 21.7. The lowest BCUT2D eigenvalue weighted by Gasteiger charge is -2.10. The van der Waals surface area contributed by atoms with E-state index < -0.39 is 0 Å². The normalized spacial score (nSPS) is 11.5. The van der Waals surface area contributed by atoms with Gasteiger partial charge >= 0.3 is 11.6 Å². The third-order valence-corrected chi connectivity index (χ3v) is 13.9. The molecular weight excluding hydrogens is 869 g/mol. The highest BCUT2D eigenvalue weighted by Crippen LogP contribution is 2.30. The molecule has 0 spiro atoms. The average molecular weight is 946 g/mol. The van der Waals surface area contributed by atoms with Crippen LogP contribution in [-0.4, -0.2) is 24.9 Å². The molecule has 0 atom stereocenters. The largest absolute Gasteiger partial charge is 0.333 e. The van der Waals surface area contributed by atoms with Gasteiger partial charge in [-0.3, -0.25) is 0 Å². The van der Waals surface area contributed by atoms with Gasteiger partial charge in [-0.15, -0.1) is 0 Å². The lowest BCUT2D eigenvalue weighted by Crippen LogP contribution is -2.32. The molecule has 0 unspecified atom stereocenters. The van der Waals surface area contributed by atoms with Crippen LogP contribution in [0.15, 0.2) is 97.8 Å². The quantitative estimate of drug-likeness (QED) is 0.142. The van der Waals surface area contributed by atoms with E-state index in [1.54, 1.807) is 0 Å². The average Bonchev–Trinajstić information content (AvgIpc) is 3.29. The third-order valence-electron chi connectivity index (χ3n) is 13.9. The van der Waals surface area contributed by atoms with Crippen LogP contribution in [0, 0.1) is 74.1 Å². The molecule has 0 bridgehead atoms. The molecule has 9 aromatic rings. The fourth-order valence-electron chi connectivity index (χ4n) is 9.88. The Balaban J connectivity index is 0.000000157. The highest BCUT2D eigenvalue weighted by molar-refractivity contribution is 5.82. The Hall–Kier alpha value is -6.80. The molecule has 71 heavy (non-hydrogen) atoms. The van der Waals surface area contributed by atoms with Crippen molar-refractivity contribution >= 4 is 33.0 Å². The third kappa shape index (κ3) is 11.7. The minimum atomic E-state index is 0.455. The van der Waals surface area contributed by atoms with Gasteiger partial charge in [0.15, 0.2) is 6.20 Å². The molecule has 0 fully saturated rings. The predicted molar refractivity (Wildman–Crippen MR) is 294 cm³/mol. The van der Waals surface area contributed by atoms with Gasteiger partial charge in [-0.25, -0.2) is 24.1 Å². The van der Waals surface area contributed by atoms with E-state index in [1.807, 2.05) is 18.6 Å². The Kier molecular flexibility index (Phi) is 15.9. The zero-order valence-corrected chi connectivity index (χ0v) is 46.0. The summed E-state index contributed by atoms with van der Waals surface area (Å²) >= 11 is 0. The van der Waals surface area contributed by atoms with Crippen LogP contribution in [0.5, 0.6) is 0 Å². The van der Waals surface area contributed by atoms with Crippen LogP contribution in [0.1, 0.15) is 114 Å². The number of fused-ring (bicyclic) bond motifs is 3. The van der Waals surface area contributed by atoms with E-state index in [0.29, 0.717) is 17.8 Å². The number of pyridine rings is 4. The summed E-state index contributed by atoms with van der Waals surface area (Å²) in [6.45, 7) is 32.9. The molecule has 0 radical (unpaired) electrons. The molecule has 9 rings (SSSR count). The molecule has 0 aliphatic heterocycles. The summed E-state index contributed by atoms with van der Waals surface area (Å²) in [7, 11) is 6.25. The maximum absolute atomic E-state index is 4.91. The Morgan fingerprint density at radius 3 is 1.48 bits per heavy atom. The van der Waals surface area contributed by atoms with Crippen LogP contribution in [0.4, 0.5) is 0 Å². The molecule has 8 heteroatoms. The summed E-state index contributed by atoms with van der Waals surface area (Å²) < 4.78 is 6.45. The van der Waals surface area contributed by atoms with Crippen molar-refractivity contribution in [1.82, 2.24) is 24.9 Å². The van der Waals surface area contributed by atoms with Crippen molar-refractivity contribution in [2.45, 2.75) is 123 Å². The van der Waals surface area contributed by atoms with E-state index in [-0.39, 0.29) is 0 Å². The fraction of sp³-hybridized carbons (Fsp3) is 0.365. The van der Waals surface area contributed by atoms with E-state index in [2.05, 4.69) is 233 Å². The molecule has 0 saturated heterocycles. The maximum Gasteiger partial charge on any atom is 0.333 e. The summed E-state index contributed by atoms with van der Waals surface area (Å²) in [5.41, 5.74) is 23.2. The van der Waals surface area contributed by atoms with E-state index in [4.69, 9.17) is 9.97 Å². The van der Waals surface area contributed by atoms with Crippen LogP contribution in [0.3, 0.4) is 0 Å². The van der Waals surface area contributed by atoms with Gasteiger partial charge in [-0.2, -0.15) is 4.57 Å². The zero-order valence-electron chi connectivity index (χ0n) is 46.0. The Morgan fingerprint density at radius 1 is 0.479 bits per heavy atom. The maximum atomic E-state index is 4.91. The first-order valence-corrected chi connectivity index (χ1v) is 25.4. The van der Waals surface area contributed by atoms with Crippen molar-refractivity contribution in [3.05, 3.63) is 165 Å². The number of hydrogen-bond acceptors (Lipinski definition) is 5. The summed E-state index contributed by atoms with van der Waals surface area (Å²) in [6, 6.07) is 22.2. The Labute approximate surface area is 424 Å². The van der Waals surface area contributed by atoms with Crippen LogP contribution >= 0.6 is 0 Å². The highest BCUT2D eigenvalue weighted by atomic mass is 15.0. The van der Waals surface area contributed by atoms with Gasteiger partial charge in [0, 0.05) is 35.6 Å². The second-order valence-electron chi connectivity index (χ2n) is 21.4. The molecule has 0 aliphatic rings. The standard InChI is InChI=1S/C22H27N2.C21H26N3.C20H24N3/c1-14(2)7-18-10-19-11-22(24(6)13-21(19)23-12-18)20-9-15(3)8-16(4)17(20)5;1-13(2)9-17-7-8-22-20-19(17)12-24(6)21(23-20)18-11-14(3)10-15(4)16(18)5;1-12(2)16-7-8-21-19-18(16)11-23(6)20(22-19)17-10-13(3)9-14(4)15(17)5/h8-14H,7H2,1-6H3;7-8,10-13H,9H2,1-6H3;7-12H,1-6H3/q3*+1. The molecule has 6 heterocycles. The van der Waals surface area contributed by atoms with Gasteiger partial charge < -0.3 is 0 Å². The minimum absolute atomic E-state index is 0.455. The summed E-state index contributed by atoms with van der Waals surface area (Å²) in [6.07, 6.45) is 14.4. The van der Waals surface area contributed by atoms with Crippen LogP contribution in [-0.2, 0) is 34.0 Å². The minimum Gasteiger partial charge on any atom is -0.250 e. The monoisotopic (exact) mass is 946 g/mol. The van der Waals surface area contributed by atoms with Gasteiger partial charge in [0.2, 0.25) is 5.69 Å². The van der Waals surface area contributed by atoms with Crippen molar-refractivity contribution in [2.75, 3.05) is 0 Å². The van der Waals surface area contributed by atoms with Crippen LogP contribution in [0.2, 0.25) is 0 Å². The van der Waals surface area contributed by atoms with Crippen molar-refractivity contribution in [3.63, 3.8) is 0 Å². The number of benzene rings is 3. The van der Waals surface area contributed by atoms with E-state index in [0.717, 1.165) is 52.1 Å². The lowest BCUT2D eigenvalue weighted by molar-refractivity contribution is -0.661. The molecule has 0 saturated carbocycles. The van der Waals surface area contributed by atoms with Crippen molar-refractivity contribution in [2.24, 2.45) is 33.0 Å². The smallest absolute Gasteiger partial charge is 0.250 e. The number of nitrogens with zero attached hydrogens (tertiary/aromatic N) is 8. The van der Waals surface area contributed by atoms with Gasteiger partial charge in [0.05, 0.1) is 36.0 Å². The van der Waals surface area contributed by atoms with E-state index in [1.165, 1.54) is 94.5 Å². The van der Waals surface area contributed by atoms with Gasteiger partial charge in [-0.1, -0.05) is 65.3 Å². The molecule has 0 N–H and O–H groups in total. The summed E-state index contributed by atoms with van der Waals surface area (Å²) in [5.74, 6) is 3.65. The highest BCUT2D eigenvalue weighted by Gasteiger charge is 2.23. The first-order chi connectivity index (χ1) is 33.6. The topological polar surface area (TPSA) is 76.1 Å². The molecular formula is C63H77N8+3.